The highest BCUT2D eigenvalue weighted by Gasteiger charge is 2.49. The summed E-state index contributed by atoms with van der Waals surface area (Å²) in [5.74, 6) is 2.70. The smallest absolute Gasteiger partial charge is 0.474 e. The Morgan fingerprint density at radius 1 is 1.06 bits per heavy atom. The van der Waals surface area contributed by atoms with Crippen LogP contribution in [0.5, 0.6) is 11.5 Å². The molecule has 0 bridgehead atoms. The Balaban J connectivity index is 2.17. The van der Waals surface area contributed by atoms with Crippen LogP contribution >= 0.6 is 0 Å². The van der Waals surface area contributed by atoms with E-state index in [1.54, 1.807) is 30.3 Å². The van der Waals surface area contributed by atoms with Crippen molar-refractivity contribution in [2.24, 2.45) is 0 Å². The van der Waals surface area contributed by atoms with E-state index in [0.29, 0.717) is 5.56 Å². The third-order valence-corrected chi connectivity index (χ3v) is 4.08. The van der Waals surface area contributed by atoms with Crippen molar-refractivity contribution in [1.29, 1.82) is 0 Å². The molecule has 0 aliphatic carbocycles. The number of halogens is 6. The predicted molar refractivity (Wildman–Crippen MR) is 101 cm³/mol. The van der Waals surface area contributed by atoms with Crippen molar-refractivity contribution in [3.63, 3.8) is 0 Å². The number of ether oxygens (including phenoxy) is 3. The molecule has 1 aliphatic heterocycles. The fourth-order valence-corrected chi connectivity index (χ4v) is 2.86. The Kier molecular flexibility index (Phi) is 6.39. The number of rotatable bonds is 3. The van der Waals surface area contributed by atoms with Gasteiger partial charge in [-0.3, -0.25) is 0 Å². The van der Waals surface area contributed by atoms with Gasteiger partial charge in [-0.2, -0.15) is 13.2 Å². The van der Waals surface area contributed by atoms with Crippen molar-refractivity contribution in [1.82, 2.24) is 0 Å². The SMILES string of the molecule is CCOC(=O)C1=Cc2cc(OC(F)(F)F)cc(C#Cc3ccccc3)c2OC1C(F)(F)F. The molecule has 0 saturated heterocycles. The summed E-state index contributed by atoms with van der Waals surface area (Å²) in [6.07, 6.45) is -12.0. The van der Waals surface area contributed by atoms with Crippen LogP contribution in [0.25, 0.3) is 6.08 Å². The number of hydrogen-bond donors (Lipinski definition) is 0. The minimum absolute atomic E-state index is 0.210. The molecule has 2 aromatic carbocycles. The van der Waals surface area contributed by atoms with E-state index < -0.39 is 41.7 Å². The summed E-state index contributed by atoms with van der Waals surface area (Å²) in [5.41, 5.74) is -0.959. The third kappa shape index (κ3) is 5.55. The van der Waals surface area contributed by atoms with Crippen LogP contribution in [0, 0.1) is 11.8 Å². The third-order valence-electron chi connectivity index (χ3n) is 4.08. The van der Waals surface area contributed by atoms with Crippen LogP contribution in [0.15, 0.2) is 48.0 Å². The van der Waals surface area contributed by atoms with Gasteiger partial charge >= 0.3 is 18.5 Å². The second-order valence-corrected chi connectivity index (χ2v) is 6.41. The minimum atomic E-state index is -5.06. The van der Waals surface area contributed by atoms with Gasteiger partial charge in [0.1, 0.15) is 11.5 Å². The molecular formula is C22H14F6O4. The van der Waals surface area contributed by atoms with Gasteiger partial charge in [-0.1, -0.05) is 30.0 Å². The number of fused-ring (bicyclic) bond motifs is 1. The molecule has 0 N–H and O–H groups in total. The first-order valence-corrected chi connectivity index (χ1v) is 9.11. The standard InChI is InChI=1S/C22H14F6O4/c1-2-30-20(29)17-12-15-11-16(32-22(26,27)28)10-14(9-8-13-6-4-3-5-7-13)18(15)31-19(17)21(23,24)25/h3-7,10-12,19H,2H2,1H3. The molecule has 10 heteroatoms. The topological polar surface area (TPSA) is 44.8 Å². The number of alkyl halides is 6. The number of benzene rings is 2. The lowest BCUT2D eigenvalue weighted by Crippen LogP contribution is -2.41. The molecule has 1 atom stereocenters. The van der Waals surface area contributed by atoms with E-state index in [9.17, 15) is 31.1 Å². The van der Waals surface area contributed by atoms with Crippen molar-refractivity contribution in [2.45, 2.75) is 25.6 Å². The summed E-state index contributed by atoms with van der Waals surface area (Å²) in [6, 6.07) is 9.87. The molecule has 4 nitrogen and oxygen atoms in total. The van der Waals surface area contributed by atoms with Crippen LogP contribution in [0.2, 0.25) is 0 Å². The normalized spacial score (nSPS) is 15.5. The molecule has 3 rings (SSSR count). The molecule has 0 saturated carbocycles. The molecule has 2 aromatic rings. The van der Waals surface area contributed by atoms with Crippen LogP contribution in [0.4, 0.5) is 26.3 Å². The molecule has 0 aromatic heterocycles. The fraction of sp³-hybridized carbons (Fsp3) is 0.227. The Hall–Kier alpha value is -3.61. The van der Waals surface area contributed by atoms with Crippen LogP contribution in [-0.4, -0.2) is 31.2 Å². The summed E-state index contributed by atoms with van der Waals surface area (Å²) in [6.45, 7) is 1.18. The van der Waals surface area contributed by atoms with Crippen molar-refractivity contribution in [3.05, 3.63) is 64.7 Å². The van der Waals surface area contributed by atoms with Crippen molar-refractivity contribution >= 4 is 12.0 Å². The Morgan fingerprint density at radius 3 is 2.34 bits per heavy atom. The van der Waals surface area contributed by atoms with Crippen molar-refractivity contribution < 1.29 is 45.3 Å². The van der Waals surface area contributed by atoms with Crippen LogP contribution in [-0.2, 0) is 9.53 Å². The lowest BCUT2D eigenvalue weighted by Gasteiger charge is -2.28. The average molecular weight is 456 g/mol. The van der Waals surface area contributed by atoms with Gasteiger partial charge in [-0.05, 0) is 37.3 Å². The highest BCUT2D eigenvalue weighted by molar-refractivity contribution is 5.96. The summed E-state index contributed by atoms with van der Waals surface area (Å²) in [5, 5.41) is 0. The van der Waals surface area contributed by atoms with Gasteiger partial charge in [0, 0.05) is 11.1 Å². The summed E-state index contributed by atoms with van der Waals surface area (Å²) in [4.78, 5) is 12.1. The predicted octanol–water partition coefficient (Wildman–Crippen LogP) is 5.25. The number of carbonyl (C=O) groups is 1. The molecular weight excluding hydrogens is 442 g/mol. The van der Waals surface area contributed by atoms with Gasteiger partial charge < -0.3 is 14.2 Å². The number of carbonyl (C=O) groups excluding carboxylic acids is 1. The van der Waals surface area contributed by atoms with Gasteiger partial charge in [-0.15, -0.1) is 13.2 Å². The molecule has 168 valence electrons. The average Bonchev–Trinajstić information content (AvgIpc) is 2.70. The van der Waals surface area contributed by atoms with Crippen LogP contribution < -0.4 is 9.47 Å². The Bertz CT molecular complexity index is 1090. The van der Waals surface area contributed by atoms with Gasteiger partial charge in [0.2, 0.25) is 6.10 Å². The summed E-state index contributed by atoms with van der Waals surface area (Å²) < 4.78 is 92.6. The zero-order valence-electron chi connectivity index (χ0n) is 16.3. The van der Waals surface area contributed by atoms with Gasteiger partial charge in [0.15, 0.2) is 0 Å². The summed E-state index contributed by atoms with van der Waals surface area (Å²) >= 11 is 0. The van der Waals surface area contributed by atoms with E-state index >= 15 is 0 Å². The zero-order chi connectivity index (χ0) is 23.5. The highest BCUT2D eigenvalue weighted by atomic mass is 19.4. The highest BCUT2D eigenvalue weighted by Crippen LogP contribution is 2.41. The van der Waals surface area contributed by atoms with E-state index in [-0.39, 0.29) is 17.7 Å². The van der Waals surface area contributed by atoms with Crippen LogP contribution in [0.3, 0.4) is 0 Å². The van der Waals surface area contributed by atoms with Crippen LogP contribution in [0.1, 0.15) is 23.6 Å². The van der Waals surface area contributed by atoms with Gasteiger partial charge in [0.05, 0.1) is 17.7 Å². The molecule has 0 spiro atoms. The van der Waals surface area contributed by atoms with Gasteiger partial charge in [0.25, 0.3) is 0 Å². The van der Waals surface area contributed by atoms with Crippen molar-refractivity contribution in [2.75, 3.05) is 6.61 Å². The second-order valence-electron chi connectivity index (χ2n) is 6.41. The zero-order valence-corrected chi connectivity index (χ0v) is 16.3. The molecule has 0 radical (unpaired) electrons. The maximum atomic E-state index is 13.6. The number of esters is 1. The Morgan fingerprint density at radius 2 is 1.75 bits per heavy atom. The van der Waals surface area contributed by atoms with E-state index in [2.05, 4.69) is 21.3 Å². The Labute approximate surface area is 178 Å². The molecule has 32 heavy (non-hydrogen) atoms. The maximum absolute atomic E-state index is 13.6. The fourth-order valence-electron chi connectivity index (χ4n) is 2.86. The van der Waals surface area contributed by atoms with E-state index in [0.717, 1.165) is 18.2 Å². The molecule has 1 heterocycles. The van der Waals surface area contributed by atoms with E-state index in [4.69, 9.17) is 4.74 Å². The summed E-state index contributed by atoms with van der Waals surface area (Å²) in [7, 11) is 0. The molecule has 0 amide bonds. The second kappa shape index (κ2) is 8.86. The largest absolute Gasteiger partial charge is 0.573 e. The maximum Gasteiger partial charge on any atom is 0.573 e. The van der Waals surface area contributed by atoms with Crippen molar-refractivity contribution in [3.8, 4) is 23.3 Å². The van der Waals surface area contributed by atoms with E-state index in [1.165, 1.54) is 6.92 Å². The molecule has 0 fully saturated rings. The molecule has 1 unspecified atom stereocenters. The first kappa shape index (κ1) is 23.1. The van der Waals surface area contributed by atoms with Gasteiger partial charge in [-0.25, -0.2) is 4.79 Å². The minimum Gasteiger partial charge on any atom is -0.474 e. The van der Waals surface area contributed by atoms with E-state index in [1.807, 2.05) is 0 Å². The first-order valence-electron chi connectivity index (χ1n) is 9.11. The lowest BCUT2D eigenvalue weighted by molar-refractivity contribution is -0.274. The quantitative estimate of drug-likeness (QED) is 0.359. The monoisotopic (exact) mass is 456 g/mol. The first-order chi connectivity index (χ1) is 15.0. The lowest BCUT2D eigenvalue weighted by atomic mass is 9.98. The number of hydrogen-bond acceptors (Lipinski definition) is 4. The molecule has 1 aliphatic rings.